The van der Waals surface area contributed by atoms with Gasteiger partial charge in [-0.3, -0.25) is 0 Å². The van der Waals surface area contributed by atoms with Crippen LogP contribution in [0.5, 0.6) is 0 Å². The summed E-state index contributed by atoms with van der Waals surface area (Å²) >= 11 is 0. The van der Waals surface area contributed by atoms with E-state index in [4.69, 9.17) is 0 Å². The van der Waals surface area contributed by atoms with Crippen molar-refractivity contribution in [2.75, 3.05) is 0 Å². The second-order valence-electron chi connectivity index (χ2n) is 9.07. The van der Waals surface area contributed by atoms with Crippen LogP contribution in [0.15, 0.2) is 91.0 Å². The van der Waals surface area contributed by atoms with Crippen LogP contribution in [-0.2, 0) is 5.41 Å². The van der Waals surface area contributed by atoms with Crippen LogP contribution in [0.25, 0.3) is 38.6 Å². The zero-order valence-electron chi connectivity index (χ0n) is 18.1. The molecule has 0 amide bonds. The first-order valence-electron chi connectivity index (χ1n) is 10.6. The van der Waals surface area contributed by atoms with Gasteiger partial charge in [0.25, 0.3) is 0 Å². The largest absolute Gasteiger partial charge is 0.309 e. The van der Waals surface area contributed by atoms with Crippen LogP contribution in [0.1, 0.15) is 31.9 Å². The van der Waals surface area contributed by atoms with Crippen LogP contribution < -0.4 is 0 Å². The van der Waals surface area contributed by atoms with Crippen molar-refractivity contribution in [1.29, 1.82) is 5.26 Å². The van der Waals surface area contributed by atoms with E-state index in [1.807, 2.05) is 18.2 Å². The number of rotatable bonds is 2. The number of nitriles is 1. The van der Waals surface area contributed by atoms with Crippen molar-refractivity contribution < 1.29 is 0 Å². The fraction of sp³-hybridized carbons (Fsp3) is 0.138. The zero-order valence-corrected chi connectivity index (χ0v) is 18.1. The SMILES string of the molecule is CC(C)(C)c1ccc(-c2ccc(-n3c4ccccc4c4cc(C#N)ccc43)cc2)cc1. The summed E-state index contributed by atoms with van der Waals surface area (Å²) in [4.78, 5) is 0. The van der Waals surface area contributed by atoms with Crippen molar-refractivity contribution in [3.8, 4) is 22.9 Å². The monoisotopic (exact) mass is 400 g/mol. The second-order valence-corrected chi connectivity index (χ2v) is 9.07. The topological polar surface area (TPSA) is 28.7 Å². The van der Waals surface area contributed by atoms with Crippen LogP contribution in [0.3, 0.4) is 0 Å². The summed E-state index contributed by atoms with van der Waals surface area (Å²) in [6, 6.07) is 34.2. The number of aromatic nitrogens is 1. The van der Waals surface area contributed by atoms with Gasteiger partial charge >= 0.3 is 0 Å². The molecular formula is C29H24N2. The smallest absolute Gasteiger partial charge is 0.0991 e. The molecule has 31 heavy (non-hydrogen) atoms. The molecule has 150 valence electrons. The quantitative estimate of drug-likeness (QED) is 0.299. The van der Waals surface area contributed by atoms with Gasteiger partial charge in [0.1, 0.15) is 0 Å². The Morgan fingerprint density at radius 3 is 1.94 bits per heavy atom. The molecule has 0 N–H and O–H groups in total. The molecule has 0 spiro atoms. The van der Waals surface area contributed by atoms with Crippen LogP contribution in [0.2, 0.25) is 0 Å². The Labute approximate surface area is 183 Å². The number of hydrogen-bond acceptors (Lipinski definition) is 1. The fourth-order valence-electron chi connectivity index (χ4n) is 4.29. The Bertz CT molecular complexity index is 1440. The second kappa shape index (κ2) is 7.15. The molecule has 0 aliphatic rings. The first-order chi connectivity index (χ1) is 15.0. The lowest BCUT2D eigenvalue weighted by atomic mass is 9.86. The lowest BCUT2D eigenvalue weighted by Crippen LogP contribution is -2.10. The first kappa shape index (κ1) is 19.2. The van der Waals surface area contributed by atoms with Gasteiger partial charge in [0.05, 0.1) is 22.7 Å². The Balaban J connectivity index is 1.61. The number of nitrogens with zero attached hydrogens (tertiary/aromatic N) is 2. The van der Waals surface area contributed by atoms with E-state index in [1.54, 1.807) is 0 Å². The van der Waals surface area contributed by atoms with Gasteiger partial charge in [0.15, 0.2) is 0 Å². The van der Waals surface area contributed by atoms with E-state index in [-0.39, 0.29) is 5.41 Å². The van der Waals surface area contributed by atoms with Crippen molar-refractivity contribution in [2.24, 2.45) is 0 Å². The van der Waals surface area contributed by atoms with E-state index in [1.165, 1.54) is 16.7 Å². The molecule has 4 aromatic carbocycles. The minimum absolute atomic E-state index is 0.157. The van der Waals surface area contributed by atoms with Crippen molar-refractivity contribution in [1.82, 2.24) is 4.57 Å². The average Bonchev–Trinajstić information content (AvgIpc) is 3.12. The van der Waals surface area contributed by atoms with Gasteiger partial charge in [-0.1, -0.05) is 75.4 Å². The van der Waals surface area contributed by atoms with Crippen molar-refractivity contribution in [2.45, 2.75) is 26.2 Å². The summed E-state index contributed by atoms with van der Waals surface area (Å²) in [6.45, 7) is 6.71. The zero-order chi connectivity index (χ0) is 21.6. The molecular weight excluding hydrogens is 376 g/mol. The molecule has 0 aliphatic carbocycles. The van der Waals surface area contributed by atoms with Gasteiger partial charge in [-0.15, -0.1) is 0 Å². The highest BCUT2D eigenvalue weighted by Crippen LogP contribution is 2.33. The molecule has 5 aromatic rings. The summed E-state index contributed by atoms with van der Waals surface area (Å²) in [5, 5.41) is 11.6. The summed E-state index contributed by atoms with van der Waals surface area (Å²) in [7, 11) is 0. The summed E-state index contributed by atoms with van der Waals surface area (Å²) in [5.41, 5.74) is 7.99. The molecule has 0 atom stereocenters. The molecule has 0 unspecified atom stereocenters. The van der Waals surface area contributed by atoms with E-state index in [0.717, 1.165) is 27.5 Å². The number of hydrogen-bond donors (Lipinski definition) is 0. The molecule has 0 bridgehead atoms. The molecule has 2 nitrogen and oxygen atoms in total. The van der Waals surface area contributed by atoms with Gasteiger partial charge in [0, 0.05) is 16.5 Å². The Kier molecular flexibility index (Phi) is 4.41. The molecule has 0 saturated carbocycles. The Morgan fingerprint density at radius 2 is 1.29 bits per heavy atom. The molecule has 1 aromatic heterocycles. The van der Waals surface area contributed by atoms with Gasteiger partial charge in [-0.05, 0) is 58.5 Å². The maximum absolute atomic E-state index is 9.34. The maximum Gasteiger partial charge on any atom is 0.0991 e. The number of para-hydroxylation sites is 1. The summed E-state index contributed by atoms with van der Waals surface area (Å²) in [6.07, 6.45) is 0. The van der Waals surface area contributed by atoms with E-state index in [9.17, 15) is 5.26 Å². The lowest BCUT2D eigenvalue weighted by Gasteiger charge is -2.19. The average molecular weight is 401 g/mol. The third kappa shape index (κ3) is 3.29. The molecule has 1 heterocycles. The van der Waals surface area contributed by atoms with Gasteiger partial charge in [0.2, 0.25) is 0 Å². The normalized spacial score (nSPS) is 11.7. The fourth-order valence-corrected chi connectivity index (χ4v) is 4.29. The van der Waals surface area contributed by atoms with Crippen LogP contribution in [0, 0.1) is 11.3 Å². The highest BCUT2D eigenvalue weighted by Gasteiger charge is 2.14. The third-order valence-electron chi connectivity index (χ3n) is 6.01. The lowest BCUT2D eigenvalue weighted by molar-refractivity contribution is 0.590. The Morgan fingerprint density at radius 1 is 0.677 bits per heavy atom. The van der Waals surface area contributed by atoms with Crippen molar-refractivity contribution in [3.05, 3.63) is 102 Å². The first-order valence-corrected chi connectivity index (χ1v) is 10.6. The molecule has 0 aliphatic heterocycles. The minimum atomic E-state index is 0.157. The standard InChI is InChI=1S/C29H24N2/c1-29(2,3)23-13-9-21(10-14-23)22-11-15-24(16-12-22)31-27-7-5-4-6-25(27)26-18-20(19-30)8-17-28(26)31/h4-18H,1-3H3. The molecule has 0 saturated heterocycles. The predicted octanol–water partition coefficient (Wildman–Crippen LogP) is 7.62. The maximum atomic E-state index is 9.34. The molecule has 5 rings (SSSR count). The summed E-state index contributed by atoms with van der Waals surface area (Å²) in [5.74, 6) is 0. The number of benzene rings is 4. The number of fused-ring (bicyclic) bond motifs is 3. The van der Waals surface area contributed by atoms with Crippen LogP contribution >= 0.6 is 0 Å². The van der Waals surface area contributed by atoms with Crippen molar-refractivity contribution in [3.63, 3.8) is 0 Å². The van der Waals surface area contributed by atoms with E-state index < -0.39 is 0 Å². The van der Waals surface area contributed by atoms with E-state index in [2.05, 4.69) is 104 Å². The highest BCUT2D eigenvalue weighted by atomic mass is 15.0. The third-order valence-corrected chi connectivity index (χ3v) is 6.01. The van der Waals surface area contributed by atoms with E-state index in [0.29, 0.717) is 5.56 Å². The van der Waals surface area contributed by atoms with Crippen LogP contribution in [-0.4, -0.2) is 4.57 Å². The minimum Gasteiger partial charge on any atom is -0.309 e. The Hall–Kier alpha value is -3.83. The predicted molar refractivity (Wildman–Crippen MR) is 130 cm³/mol. The molecule has 0 fully saturated rings. The van der Waals surface area contributed by atoms with Gasteiger partial charge < -0.3 is 4.57 Å². The molecule has 0 radical (unpaired) electrons. The highest BCUT2D eigenvalue weighted by molar-refractivity contribution is 6.09. The molecule has 2 heteroatoms. The van der Waals surface area contributed by atoms with Crippen molar-refractivity contribution >= 4 is 21.8 Å². The van der Waals surface area contributed by atoms with Gasteiger partial charge in [-0.2, -0.15) is 5.26 Å². The van der Waals surface area contributed by atoms with Crippen LogP contribution in [0.4, 0.5) is 0 Å². The van der Waals surface area contributed by atoms with E-state index >= 15 is 0 Å². The summed E-state index contributed by atoms with van der Waals surface area (Å²) < 4.78 is 2.28. The van der Waals surface area contributed by atoms with Gasteiger partial charge in [-0.25, -0.2) is 0 Å².